The van der Waals surface area contributed by atoms with E-state index >= 15 is 0 Å². The first-order chi connectivity index (χ1) is 29.8. The van der Waals surface area contributed by atoms with Crippen molar-refractivity contribution in [2.75, 3.05) is 19.6 Å². The van der Waals surface area contributed by atoms with Crippen LogP contribution >= 0.6 is 0 Å². The molecule has 1 N–H and O–H groups in total. The zero-order valence-corrected chi connectivity index (χ0v) is 35.7. The Morgan fingerprint density at radius 1 is 0.470 bits per heavy atom. The third kappa shape index (κ3) is 16.0. The van der Waals surface area contributed by atoms with E-state index in [1.165, 1.54) is 51.7 Å². The summed E-state index contributed by atoms with van der Waals surface area (Å²) < 4.78 is 272. The van der Waals surface area contributed by atoms with Gasteiger partial charge in [0.25, 0.3) is 0 Å². The van der Waals surface area contributed by atoms with Gasteiger partial charge in [-0.15, -0.1) is 30.0 Å². The molecule has 0 bridgehead atoms. The minimum Gasteiger partial charge on any atom is -0.504 e. The van der Waals surface area contributed by atoms with Crippen molar-refractivity contribution < 1.29 is 114 Å². The van der Waals surface area contributed by atoms with Gasteiger partial charge in [-0.25, -0.2) is 22.0 Å². The first-order valence-corrected chi connectivity index (χ1v) is 20.4. The molecule has 0 unspecified atom stereocenters. The van der Waals surface area contributed by atoms with Gasteiger partial charge in [0.1, 0.15) is 0 Å². The van der Waals surface area contributed by atoms with Gasteiger partial charge in [0.05, 0.1) is 0 Å². The lowest BCUT2D eigenvalue weighted by Gasteiger charge is -2.14. The average molecular weight is 1030 g/mol. The van der Waals surface area contributed by atoms with E-state index in [4.69, 9.17) is 0 Å². The molecule has 4 aromatic carbocycles. The number of phenolic OH excluding ortho intramolecular Hbond substituents is 1. The van der Waals surface area contributed by atoms with Gasteiger partial charge in [0, 0.05) is 16.7 Å². The summed E-state index contributed by atoms with van der Waals surface area (Å²) in [6, 6.07) is 7.93. The molecule has 29 heteroatoms. The van der Waals surface area contributed by atoms with Gasteiger partial charge in [-0.05, 0) is 80.9 Å². The number of benzene rings is 4. The van der Waals surface area contributed by atoms with Crippen molar-refractivity contribution in [3.63, 3.8) is 0 Å². The van der Waals surface area contributed by atoms with E-state index in [-0.39, 0.29) is 27.8 Å². The van der Waals surface area contributed by atoms with Crippen LogP contribution in [0.1, 0.15) is 37.5 Å². The number of aromatic hydroxyl groups is 1. The molecule has 4 rings (SSSR count). The lowest BCUT2D eigenvalue weighted by atomic mass is 9.98. The Morgan fingerprint density at radius 3 is 1.11 bits per heavy atom. The van der Waals surface area contributed by atoms with Gasteiger partial charge < -0.3 is 19.5 Å². The number of phenols is 1. The monoisotopic (exact) mass is 1030 g/mol. The number of hydrogen-bond acceptors (Lipinski definition) is 9. The molecule has 0 aromatic heterocycles. The number of rotatable bonds is 9. The zero-order valence-electron chi connectivity index (χ0n) is 34.1. The highest BCUT2D eigenvalue weighted by atomic mass is 32.3. The topological polar surface area (TPSA) is 119 Å². The van der Waals surface area contributed by atoms with Crippen LogP contribution in [0.5, 0.6) is 17.2 Å². The molecule has 0 heterocycles. The molecule has 0 spiro atoms. The van der Waals surface area contributed by atoms with Crippen molar-refractivity contribution in [2.45, 2.75) is 65.3 Å². The quantitative estimate of drug-likeness (QED) is 0.129. The third-order valence-corrected chi connectivity index (χ3v) is 10.7. The highest BCUT2D eigenvalue weighted by Crippen LogP contribution is 2.40. The maximum atomic E-state index is 13.9. The largest absolute Gasteiger partial charge is 0.573 e. The van der Waals surface area contributed by atoms with Crippen LogP contribution in [0.3, 0.4) is 0 Å². The van der Waals surface area contributed by atoms with Crippen molar-refractivity contribution in [1.29, 1.82) is 0 Å². The molecule has 4 aromatic rings. The minimum absolute atomic E-state index is 0.0155. The Kier molecular flexibility index (Phi) is 20.1. The van der Waals surface area contributed by atoms with E-state index in [1.54, 1.807) is 0 Å². The van der Waals surface area contributed by atoms with Gasteiger partial charge in [-0.1, -0.05) is 51.1 Å². The standard InChI is InChI=1S/C15H10F6O.C14H8F6O2.C6H15N.C2F6O5S2/c1-7-3-4-10(14(18)12(7)16)9-5-6-11(13(17)8(9)2)22-15(19,20)21;1-6-2-3-7(11(16)10(6)15)8-4-5-9(12(17)13(8)21)22-14(18,19)20;1-4-7(5-2)6-3;3-1(4,5)14(9,10)13-15(11,12)2(6,7)8/h3-6H,1-2H3;2-5,21H,1H3;4-6H2,1-3H3;. The fourth-order valence-electron chi connectivity index (χ4n) is 4.70. The van der Waals surface area contributed by atoms with Crippen molar-refractivity contribution in [1.82, 2.24) is 4.90 Å². The van der Waals surface area contributed by atoms with Gasteiger partial charge in [0.15, 0.2) is 46.3 Å². The predicted molar refractivity (Wildman–Crippen MR) is 197 cm³/mol. The Bertz CT molecular complexity index is 2350. The predicted octanol–water partition coefficient (Wildman–Crippen LogP) is 12.0. The Hall–Kier alpha value is -5.16. The summed E-state index contributed by atoms with van der Waals surface area (Å²) in [5, 5.41) is 9.60. The fraction of sp³-hybridized carbons (Fsp3) is 0.351. The lowest BCUT2D eigenvalue weighted by Crippen LogP contribution is -2.34. The second-order valence-corrected chi connectivity index (χ2v) is 15.8. The van der Waals surface area contributed by atoms with Crippen molar-refractivity contribution in [3.8, 4) is 39.5 Å². The third-order valence-electron chi connectivity index (χ3n) is 8.10. The second kappa shape index (κ2) is 22.6. The summed E-state index contributed by atoms with van der Waals surface area (Å²) in [6.07, 6.45) is -10.2. The summed E-state index contributed by atoms with van der Waals surface area (Å²) in [6.45, 7) is 13.9. The van der Waals surface area contributed by atoms with Gasteiger partial charge in [-0.2, -0.15) is 47.6 Å². The lowest BCUT2D eigenvalue weighted by molar-refractivity contribution is -0.276. The highest BCUT2D eigenvalue weighted by Gasteiger charge is 2.57. The number of aryl methyl sites for hydroxylation is 2. The van der Waals surface area contributed by atoms with Crippen molar-refractivity contribution >= 4 is 20.2 Å². The highest BCUT2D eigenvalue weighted by molar-refractivity contribution is 8.00. The van der Waals surface area contributed by atoms with Gasteiger partial charge in [0.2, 0.25) is 5.82 Å². The summed E-state index contributed by atoms with van der Waals surface area (Å²) in [7, 11) is -13.7. The molecule has 0 aliphatic rings. The summed E-state index contributed by atoms with van der Waals surface area (Å²) in [4.78, 5) is 2.38. The molecule has 0 aliphatic carbocycles. The van der Waals surface area contributed by atoms with E-state index in [9.17, 15) is 101 Å². The van der Waals surface area contributed by atoms with Crippen LogP contribution in [-0.4, -0.2) is 70.2 Å². The molecule has 0 saturated carbocycles. The zero-order chi connectivity index (χ0) is 51.7. The SMILES string of the molecule is CCN(CC)CC.Cc1ccc(-c2ccc(OC(F)(F)F)c(F)c2C)c(F)c1F.Cc1ccc(-c2ccc(OC(F)(F)F)c(F)c2O)c(F)c1F.O=S(=O)(OS(=O)(=O)C(F)(F)F)C(F)(F)F. The molecular formula is C37H33F18NO8S2. The minimum atomic E-state index is -6.85. The van der Waals surface area contributed by atoms with Crippen LogP contribution in [0.25, 0.3) is 22.3 Å². The first-order valence-electron chi connectivity index (χ1n) is 17.6. The smallest absolute Gasteiger partial charge is 0.504 e. The van der Waals surface area contributed by atoms with E-state index in [0.29, 0.717) is 6.07 Å². The molecule has 9 nitrogen and oxygen atoms in total. The second-order valence-electron chi connectivity index (χ2n) is 12.5. The van der Waals surface area contributed by atoms with Gasteiger partial charge in [-0.3, -0.25) is 0 Å². The van der Waals surface area contributed by atoms with E-state index in [0.717, 1.165) is 31.2 Å². The molecule has 0 atom stereocenters. The molecular weight excluding hydrogens is 993 g/mol. The van der Waals surface area contributed by atoms with E-state index < -0.39 is 107 Å². The molecule has 0 saturated heterocycles. The number of alkyl halides is 12. The Balaban J connectivity index is 0.000000469. The summed E-state index contributed by atoms with van der Waals surface area (Å²) in [5.74, 6) is -11.4. The molecule has 0 radical (unpaired) electrons. The Labute approximate surface area is 363 Å². The summed E-state index contributed by atoms with van der Waals surface area (Å²) >= 11 is 0. The number of halogens is 18. The van der Waals surface area contributed by atoms with Crippen LogP contribution in [0, 0.1) is 55.7 Å². The average Bonchev–Trinajstić information content (AvgIpc) is 3.17. The number of hydrogen-bond donors (Lipinski definition) is 1. The molecule has 66 heavy (non-hydrogen) atoms. The van der Waals surface area contributed by atoms with Crippen LogP contribution in [0.2, 0.25) is 0 Å². The van der Waals surface area contributed by atoms with E-state index in [2.05, 4.69) is 35.1 Å². The first kappa shape index (κ1) is 58.9. The fourth-order valence-corrected chi connectivity index (χ4v) is 6.26. The molecule has 372 valence electrons. The molecule has 0 amide bonds. The maximum absolute atomic E-state index is 13.9. The normalized spacial score (nSPS) is 12.3. The summed E-state index contributed by atoms with van der Waals surface area (Å²) in [5.41, 5.74) is -14.0. The van der Waals surface area contributed by atoms with Crippen LogP contribution in [-0.2, 0) is 23.9 Å². The van der Waals surface area contributed by atoms with Crippen LogP contribution < -0.4 is 9.47 Å². The molecule has 0 fully saturated rings. The maximum Gasteiger partial charge on any atom is 0.573 e. The van der Waals surface area contributed by atoms with Gasteiger partial charge >= 0.3 is 44.0 Å². The van der Waals surface area contributed by atoms with Crippen LogP contribution in [0.15, 0.2) is 48.5 Å². The van der Waals surface area contributed by atoms with E-state index in [1.807, 2.05) is 3.63 Å². The van der Waals surface area contributed by atoms with Crippen molar-refractivity contribution in [2.24, 2.45) is 0 Å². The van der Waals surface area contributed by atoms with Crippen molar-refractivity contribution in [3.05, 3.63) is 100 Å². The molecule has 0 aliphatic heterocycles. The number of ether oxygens (including phenoxy) is 2. The Morgan fingerprint density at radius 2 is 0.788 bits per heavy atom. The number of nitrogens with zero attached hydrogens (tertiary/aromatic N) is 1. The van der Waals surface area contributed by atoms with Crippen LogP contribution in [0.4, 0.5) is 79.0 Å².